The minimum atomic E-state index is -0.990. The number of Topliss-reactive ketones (excluding diaryl/α,β-unsaturated/α-hetero) is 1. The maximum absolute atomic E-state index is 13.8. The van der Waals surface area contributed by atoms with Crippen LogP contribution in [0.25, 0.3) is 0 Å². The third-order valence-electron chi connectivity index (χ3n) is 4.89. The van der Waals surface area contributed by atoms with Gasteiger partial charge in [-0.25, -0.2) is 9.18 Å². The van der Waals surface area contributed by atoms with Gasteiger partial charge in [0, 0.05) is 5.70 Å². The highest BCUT2D eigenvalue weighted by atomic mass is 32.1. The highest BCUT2D eigenvalue weighted by Gasteiger charge is 2.37. The molecule has 0 radical (unpaired) electrons. The Kier molecular flexibility index (Phi) is 5.79. The average Bonchev–Trinajstić information content (AvgIpc) is 2.69. The second kappa shape index (κ2) is 8.13. The molecule has 0 amide bonds. The molecule has 1 aliphatic heterocycles. The number of halogens is 1. The number of allylic oxidation sites excluding steroid dienone is 1. The van der Waals surface area contributed by atoms with E-state index in [4.69, 9.17) is 12.2 Å². The lowest BCUT2D eigenvalue weighted by atomic mass is 9.91. The van der Waals surface area contributed by atoms with Crippen LogP contribution in [-0.4, -0.2) is 24.0 Å². The number of rotatable bonds is 4. The fourth-order valence-electron chi connectivity index (χ4n) is 3.43. The molecule has 1 aliphatic rings. The highest BCUT2D eigenvalue weighted by Crippen LogP contribution is 2.35. The number of hydrogen-bond donors (Lipinski definition) is 1. The molecule has 0 fully saturated rings. The summed E-state index contributed by atoms with van der Waals surface area (Å²) < 4.78 is 18.5. The second-order valence-electron chi connectivity index (χ2n) is 6.88. The van der Waals surface area contributed by atoms with E-state index < -0.39 is 23.6 Å². The van der Waals surface area contributed by atoms with Crippen molar-refractivity contribution in [3.05, 3.63) is 76.2 Å². The molecule has 0 unspecified atom stereocenters. The van der Waals surface area contributed by atoms with E-state index in [-0.39, 0.29) is 5.57 Å². The Labute approximate surface area is 174 Å². The summed E-state index contributed by atoms with van der Waals surface area (Å²) in [7, 11) is 1.15. The Morgan fingerprint density at radius 2 is 1.86 bits per heavy atom. The van der Waals surface area contributed by atoms with Gasteiger partial charge in [-0.1, -0.05) is 24.3 Å². The van der Waals surface area contributed by atoms with Crippen molar-refractivity contribution < 1.29 is 18.7 Å². The number of anilines is 1. The molecule has 0 saturated carbocycles. The van der Waals surface area contributed by atoms with Crippen LogP contribution in [0, 0.1) is 19.7 Å². The van der Waals surface area contributed by atoms with E-state index in [0.717, 1.165) is 23.9 Å². The number of ketones is 1. The molecule has 150 valence electrons. The first-order valence-electron chi connectivity index (χ1n) is 9.01. The lowest BCUT2D eigenvalue weighted by Crippen LogP contribution is -2.49. The Morgan fingerprint density at radius 1 is 1.14 bits per heavy atom. The predicted molar refractivity (Wildman–Crippen MR) is 113 cm³/mol. The van der Waals surface area contributed by atoms with Gasteiger partial charge >= 0.3 is 5.97 Å². The van der Waals surface area contributed by atoms with Gasteiger partial charge in [0.25, 0.3) is 5.78 Å². The molecule has 3 rings (SSSR count). The second-order valence-corrected chi connectivity index (χ2v) is 7.27. The van der Waals surface area contributed by atoms with Gasteiger partial charge in [-0.15, -0.1) is 0 Å². The monoisotopic (exact) mass is 412 g/mol. The molecule has 1 heterocycles. The Bertz CT molecular complexity index is 1050. The lowest BCUT2D eigenvalue weighted by Gasteiger charge is -2.38. The molecular formula is C22H21FN2O3S. The number of carbonyl (C=O) groups is 2. The first-order valence-corrected chi connectivity index (χ1v) is 9.42. The van der Waals surface area contributed by atoms with Crippen molar-refractivity contribution in [2.75, 3.05) is 12.0 Å². The van der Waals surface area contributed by atoms with Crippen LogP contribution >= 0.6 is 12.2 Å². The van der Waals surface area contributed by atoms with Crippen molar-refractivity contribution >= 4 is 34.8 Å². The summed E-state index contributed by atoms with van der Waals surface area (Å²) in [5.41, 5.74) is 3.92. The number of nitrogens with zero attached hydrogens (tertiary/aromatic N) is 1. The molecule has 2 aromatic carbocycles. The third kappa shape index (κ3) is 3.91. The van der Waals surface area contributed by atoms with Crippen molar-refractivity contribution in [1.82, 2.24) is 5.32 Å². The molecule has 0 spiro atoms. The number of benzene rings is 2. The topological polar surface area (TPSA) is 58.6 Å². The largest absolute Gasteiger partial charge is 0.463 e. The fourth-order valence-corrected chi connectivity index (χ4v) is 3.78. The summed E-state index contributed by atoms with van der Waals surface area (Å²) in [6, 6.07) is 11.0. The standard InChI is InChI=1S/C22H21FN2O3S/c1-12-8-9-13(2)17(10-12)25-14(3)18(20(26)21(27)28-4)19(24-22(25)29)15-6-5-7-16(23)11-15/h5-11,19H,1-4H3,(H,24,29)/t19-/m0/s1. The van der Waals surface area contributed by atoms with Crippen LogP contribution < -0.4 is 10.2 Å². The maximum Gasteiger partial charge on any atom is 0.379 e. The van der Waals surface area contributed by atoms with Crippen LogP contribution in [0.1, 0.15) is 29.7 Å². The van der Waals surface area contributed by atoms with Crippen LogP contribution in [0.5, 0.6) is 0 Å². The van der Waals surface area contributed by atoms with E-state index in [9.17, 15) is 14.0 Å². The molecule has 1 atom stereocenters. The van der Waals surface area contributed by atoms with Gasteiger partial charge < -0.3 is 10.1 Å². The Morgan fingerprint density at radius 3 is 2.52 bits per heavy atom. The first-order chi connectivity index (χ1) is 13.7. The van der Waals surface area contributed by atoms with Gasteiger partial charge in [-0.2, -0.15) is 0 Å². The van der Waals surface area contributed by atoms with E-state index in [1.807, 2.05) is 32.0 Å². The number of methoxy groups -OCH3 is 1. The minimum Gasteiger partial charge on any atom is -0.463 e. The number of nitrogens with one attached hydrogen (secondary N) is 1. The van der Waals surface area contributed by atoms with Crippen molar-refractivity contribution in [3.63, 3.8) is 0 Å². The van der Waals surface area contributed by atoms with Crippen molar-refractivity contribution in [2.24, 2.45) is 0 Å². The van der Waals surface area contributed by atoms with E-state index in [0.29, 0.717) is 16.4 Å². The third-order valence-corrected chi connectivity index (χ3v) is 5.19. The molecule has 7 heteroatoms. The first kappa shape index (κ1) is 20.7. The van der Waals surface area contributed by atoms with Crippen molar-refractivity contribution in [2.45, 2.75) is 26.8 Å². The zero-order valence-electron chi connectivity index (χ0n) is 16.6. The number of carbonyl (C=O) groups excluding carboxylic acids is 2. The molecule has 0 bridgehead atoms. The average molecular weight is 412 g/mol. The van der Waals surface area contributed by atoms with Crippen molar-refractivity contribution in [1.29, 1.82) is 0 Å². The molecular weight excluding hydrogens is 391 g/mol. The molecule has 2 aromatic rings. The zero-order valence-corrected chi connectivity index (χ0v) is 17.4. The zero-order chi connectivity index (χ0) is 21.3. The van der Waals surface area contributed by atoms with Crippen LogP contribution in [0.3, 0.4) is 0 Å². The molecule has 0 aliphatic carbocycles. The summed E-state index contributed by atoms with van der Waals surface area (Å²) in [5.74, 6) is -2.24. The lowest BCUT2D eigenvalue weighted by molar-refractivity contribution is -0.150. The van der Waals surface area contributed by atoms with Gasteiger partial charge in [0.05, 0.1) is 24.4 Å². The SMILES string of the molecule is COC(=O)C(=O)C1=C(C)N(c2cc(C)ccc2C)C(=S)N[C@H]1c1cccc(F)c1. The van der Waals surface area contributed by atoms with E-state index >= 15 is 0 Å². The minimum absolute atomic E-state index is 0.164. The molecule has 5 nitrogen and oxygen atoms in total. The summed E-state index contributed by atoms with van der Waals surface area (Å²) in [5, 5.41) is 3.45. The summed E-state index contributed by atoms with van der Waals surface area (Å²) >= 11 is 5.59. The van der Waals surface area contributed by atoms with E-state index in [1.54, 1.807) is 24.0 Å². The van der Waals surface area contributed by atoms with Crippen molar-refractivity contribution in [3.8, 4) is 0 Å². The van der Waals surface area contributed by atoms with Crippen LogP contribution in [0.2, 0.25) is 0 Å². The molecule has 29 heavy (non-hydrogen) atoms. The Hall–Kier alpha value is -3.06. The number of aryl methyl sites for hydroxylation is 2. The molecule has 0 aromatic heterocycles. The number of thiocarbonyl (C=S) groups is 1. The number of hydrogen-bond acceptors (Lipinski definition) is 4. The quantitative estimate of drug-likeness (QED) is 0.467. The van der Waals surface area contributed by atoms with Gasteiger partial charge in [0.2, 0.25) is 0 Å². The van der Waals surface area contributed by atoms with Crippen LogP contribution in [0.15, 0.2) is 53.7 Å². The van der Waals surface area contributed by atoms with Gasteiger partial charge in [0.1, 0.15) is 5.82 Å². The highest BCUT2D eigenvalue weighted by molar-refractivity contribution is 7.80. The van der Waals surface area contributed by atoms with Crippen LogP contribution in [-0.2, 0) is 14.3 Å². The fraction of sp³-hybridized carbons (Fsp3) is 0.227. The molecule has 0 saturated heterocycles. The van der Waals surface area contributed by atoms with Crippen LogP contribution in [0.4, 0.5) is 10.1 Å². The van der Waals surface area contributed by atoms with Gasteiger partial charge in [0.15, 0.2) is 5.11 Å². The maximum atomic E-state index is 13.8. The number of esters is 1. The smallest absolute Gasteiger partial charge is 0.379 e. The summed E-state index contributed by atoms with van der Waals surface area (Å²) in [4.78, 5) is 26.7. The summed E-state index contributed by atoms with van der Waals surface area (Å²) in [6.07, 6.45) is 0. The normalized spacial score (nSPS) is 16.5. The summed E-state index contributed by atoms with van der Waals surface area (Å²) in [6.45, 7) is 5.61. The van der Waals surface area contributed by atoms with E-state index in [1.165, 1.54) is 12.1 Å². The Balaban J connectivity index is 2.23. The van der Waals surface area contributed by atoms with E-state index in [2.05, 4.69) is 10.1 Å². The number of ether oxygens (including phenoxy) is 1. The predicted octanol–water partition coefficient (Wildman–Crippen LogP) is 3.89. The van der Waals surface area contributed by atoms with Gasteiger partial charge in [-0.3, -0.25) is 9.69 Å². The van der Waals surface area contributed by atoms with Gasteiger partial charge in [-0.05, 0) is 67.9 Å². The molecule has 1 N–H and O–H groups in total.